The maximum Gasteiger partial charge on any atom is 0.290 e. The molecule has 63 heavy (non-hydrogen) atoms. The number of nitrogens with zero attached hydrogens (tertiary/aromatic N) is 3. The van der Waals surface area contributed by atoms with E-state index in [-0.39, 0.29) is 42.9 Å². The van der Waals surface area contributed by atoms with Gasteiger partial charge in [-0.2, -0.15) is 0 Å². The smallest absolute Gasteiger partial charge is 0.290 e. The molecule has 3 fully saturated rings. The van der Waals surface area contributed by atoms with Crippen molar-refractivity contribution in [2.75, 3.05) is 33.7 Å². The van der Waals surface area contributed by atoms with Crippen molar-refractivity contribution in [1.29, 1.82) is 0 Å². The highest BCUT2D eigenvalue weighted by atomic mass is 16.2. The van der Waals surface area contributed by atoms with Crippen molar-refractivity contribution in [3.05, 3.63) is 60.2 Å². The minimum atomic E-state index is -1.21. The van der Waals surface area contributed by atoms with E-state index in [4.69, 9.17) is 0 Å². The van der Waals surface area contributed by atoms with Crippen LogP contribution in [0, 0.1) is 17.8 Å². The van der Waals surface area contributed by atoms with Crippen LogP contribution in [0.2, 0.25) is 0 Å². The standard InChI is InChI=1S/C45H64N10O8/c1-4-14-32(39(57)44(62)49-27-36(56)53-38(45(63)55(2)3)30-19-12-7-13-20-30)50-40(58)31-24-47-25-34(31)52-41(59)33(23-28-15-8-5-9-16-28)51-43(61)37(29-17-10-6-11-18-29)54-42(60)35-26-46-21-22-48-35/h7,12-13,19-22,26,28-29,31-34,37-38,47H,4-6,8-11,14-18,23-25,27H2,1-3H3,(H,49,62)(H,50,58)(H,51,61)(H,52,59)(H,53,56)(H,54,60)/t31-,32+,33?,34+,37+,38+/m1/s1. The van der Waals surface area contributed by atoms with Gasteiger partial charge in [-0.1, -0.05) is 95.0 Å². The van der Waals surface area contributed by atoms with Gasteiger partial charge in [0.1, 0.15) is 23.8 Å². The highest BCUT2D eigenvalue weighted by Gasteiger charge is 2.40. The monoisotopic (exact) mass is 872 g/mol. The summed E-state index contributed by atoms with van der Waals surface area (Å²) in [5.74, 6) is -5.83. The first-order valence-electron chi connectivity index (χ1n) is 22.4. The number of Topliss-reactive ketones (excluding diaryl/α,β-unsaturated/α-hetero) is 1. The molecule has 0 spiro atoms. The fourth-order valence-corrected chi connectivity index (χ4v) is 8.78. The molecule has 3 aliphatic rings. The van der Waals surface area contributed by atoms with E-state index in [1.54, 1.807) is 51.4 Å². The lowest BCUT2D eigenvalue weighted by molar-refractivity contribution is -0.141. The van der Waals surface area contributed by atoms with E-state index in [9.17, 15) is 38.4 Å². The van der Waals surface area contributed by atoms with E-state index in [1.807, 2.05) is 0 Å². The van der Waals surface area contributed by atoms with Crippen molar-refractivity contribution >= 4 is 47.1 Å². The molecule has 1 unspecified atom stereocenters. The molecule has 2 heterocycles. The molecule has 7 N–H and O–H groups in total. The molecular formula is C45H64N10O8. The third-order valence-electron chi connectivity index (χ3n) is 12.3. The lowest BCUT2D eigenvalue weighted by atomic mass is 9.82. The Balaban J connectivity index is 1.22. The van der Waals surface area contributed by atoms with E-state index >= 15 is 0 Å². The summed E-state index contributed by atoms with van der Waals surface area (Å²) >= 11 is 0. The molecule has 7 amide bonds. The quantitative estimate of drug-likeness (QED) is 0.0933. The van der Waals surface area contributed by atoms with Gasteiger partial charge in [0, 0.05) is 39.6 Å². The first-order valence-corrected chi connectivity index (χ1v) is 22.4. The van der Waals surface area contributed by atoms with Crippen LogP contribution in [-0.4, -0.2) is 120 Å². The summed E-state index contributed by atoms with van der Waals surface area (Å²) in [5, 5.41) is 19.7. The molecule has 0 bridgehead atoms. The van der Waals surface area contributed by atoms with Crippen molar-refractivity contribution in [2.45, 2.75) is 121 Å². The summed E-state index contributed by atoms with van der Waals surface area (Å²) in [6.45, 7) is 1.64. The van der Waals surface area contributed by atoms with Crippen LogP contribution < -0.4 is 37.2 Å². The molecule has 2 aliphatic carbocycles. The number of carbonyl (C=O) groups is 8. The highest BCUT2D eigenvalue weighted by Crippen LogP contribution is 2.29. The van der Waals surface area contributed by atoms with Crippen molar-refractivity contribution in [1.82, 2.24) is 52.1 Å². The van der Waals surface area contributed by atoms with Crippen molar-refractivity contribution < 1.29 is 38.4 Å². The Morgan fingerprint density at radius 1 is 0.794 bits per heavy atom. The van der Waals surface area contributed by atoms with Gasteiger partial charge in [-0.15, -0.1) is 0 Å². The number of carbonyl (C=O) groups excluding carboxylic acids is 8. The second-order valence-electron chi connectivity index (χ2n) is 17.2. The Hall–Kier alpha value is -5.78. The zero-order valence-electron chi connectivity index (χ0n) is 36.7. The maximum absolute atomic E-state index is 14.2. The average Bonchev–Trinajstić information content (AvgIpc) is 3.77. The number of hydrogen-bond acceptors (Lipinski definition) is 11. The van der Waals surface area contributed by atoms with Crippen LogP contribution in [0.25, 0.3) is 0 Å². The zero-order valence-corrected chi connectivity index (χ0v) is 36.7. The summed E-state index contributed by atoms with van der Waals surface area (Å²) in [4.78, 5) is 117. The first-order chi connectivity index (χ1) is 30.4. The van der Waals surface area contributed by atoms with E-state index in [0.717, 1.165) is 64.2 Å². The Morgan fingerprint density at radius 2 is 1.49 bits per heavy atom. The summed E-state index contributed by atoms with van der Waals surface area (Å²) in [6.07, 6.45) is 14.5. The summed E-state index contributed by atoms with van der Waals surface area (Å²) in [7, 11) is 3.11. The zero-order chi connectivity index (χ0) is 45.3. The lowest BCUT2D eigenvalue weighted by Crippen LogP contribution is -2.59. The Kier molecular flexibility index (Phi) is 18.5. The minimum absolute atomic E-state index is 0.0821. The van der Waals surface area contributed by atoms with Crippen LogP contribution >= 0.6 is 0 Å². The second kappa shape index (κ2) is 24.2. The molecule has 5 rings (SSSR count). The first kappa shape index (κ1) is 48.3. The van der Waals surface area contributed by atoms with Gasteiger partial charge >= 0.3 is 0 Å². The predicted octanol–water partition coefficient (Wildman–Crippen LogP) is 1.23. The Morgan fingerprint density at radius 3 is 2.14 bits per heavy atom. The number of nitrogens with one attached hydrogen (secondary N) is 7. The van der Waals surface area contributed by atoms with Gasteiger partial charge in [0.05, 0.1) is 30.7 Å². The molecule has 2 aromatic rings. The number of amides is 7. The average molecular weight is 873 g/mol. The summed E-state index contributed by atoms with van der Waals surface area (Å²) in [6, 6.07) is 3.86. The minimum Gasteiger partial charge on any atom is -0.349 e. The SMILES string of the molecule is CCC[C@H](NC(=O)[C@@H]1CNC[C@@H]1NC(=O)C(CC1CCCCC1)NC(=O)[C@@H](NC(=O)c1cnccn1)C1CCCCC1)C(=O)C(=O)NCC(=O)N[C@H](C(=O)N(C)C)c1ccccc1. The fraction of sp³-hybridized carbons (Fsp3) is 0.600. The van der Waals surface area contributed by atoms with E-state index in [0.29, 0.717) is 18.4 Å². The van der Waals surface area contributed by atoms with Crippen LogP contribution in [0.15, 0.2) is 48.9 Å². The van der Waals surface area contributed by atoms with Gasteiger partial charge in [0.25, 0.3) is 11.8 Å². The van der Waals surface area contributed by atoms with Crippen molar-refractivity contribution in [2.24, 2.45) is 17.8 Å². The Labute approximate surface area is 369 Å². The molecule has 1 aromatic heterocycles. The van der Waals surface area contributed by atoms with Gasteiger partial charge in [-0.3, -0.25) is 43.3 Å². The van der Waals surface area contributed by atoms with E-state index in [1.165, 1.54) is 23.5 Å². The third kappa shape index (κ3) is 14.1. The molecule has 342 valence electrons. The lowest BCUT2D eigenvalue weighted by Gasteiger charge is -2.33. The number of likely N-dealkylation sites (N-methyl/N-ethyl adjacent to an activating group) is 1. The second-order valence-corrected chi connectivity index (χ2v) is 17.2. The van der Waals surface area contributed by atoms with Crippen LogP contribution in [0.1, 0.15) is 112 Å². The molecular weight excluding hydrogens is 809 g/mol. The largest absolute Gasteiger partial charge is 0.349 e. The van der Waals surface area contributed by atoms with Gasteiger partial charge in [0.2, 0.25) is 35.3 Å². The normalized spacial score (nSPS) is 19.9. The number of rotatable bonds is 20. The topological polar surface area (TPSA) is 250 Å². The van der Waals surface area contributed by atoms with E-state index in [2.05, 4.69) is 47.2 Å². The highest BCUT2D eigenvalue weighted by molar-refractivity contribution is 6.38. The third-order valence-corrected chi connectivity index (χ3v) is 12.3. The van der Waals surface area contributed by atoms with Gasteiger partial charge < -0.3 is 42.1 Å². The Bertz CT molecular complexity index is 1890. The molecule has 0 radical (unpaired) electrons. The van der Waals surface area contributed by atoms with Crippen LogP contribution in [0.3, 0.4) is 0 Å². The molecule has 18 heteroatoms. The van der Waals surface area contributed by atoms with Crippen LogP contribution in [0.4, 0.5) is 0 Å². The molecule has 6 atom stereocenters. The number of ketones is 1. The number of hydrogen-bond donors (Lipinski definition) is 7. The summed E-state index contributed by atoms with van der Waals surface area (Å²) in [5.41, 5.74) is 0.626. The van der Waals surface area contributed by atoms with Gasteiger partial charge in [0.15, 0.2) is 0 Å². The van der Waals surface area contributed by atoms with Gasteiger partial charge in [-0.25, -0.2) is 4.98 Å². The summed E-state index contributed by atoms with van der Waals surface area (Å²) < 4.78 is 0. The maximum atomic E-state index is 14.2. The molecule has 2 saturated carbocycles. The van der Waals surface area contributed by atoms with Crippen molar-refractivity contribution in [3.63, 3.8) is 0 Å². The predicted molar refractivity (Wildman–Crippen MR) is 232 cm³/mol. The number of benzene rings is 1. The van der Waals surface area contributed by atoms with Gasteiger partial charge in [-0.05, 0) is 43.1 Å². The molecule has 1 aromatic carbocycles. The molecule has 1 aliphatic heterocycles. The van der Waals surface area contributed by atoms with Crippen LogP contribution in [0.5, 0.6) is 0 Å². The van der Waals surface area contributed by atoms with Crippen LogP contribution in [-0.2, 0) is 33.6 Å². The molecule has 1 saturated heterocycles. The molecule has 18 nitrogen and oxygen atoms in total. The van der Waals surface area contributed by atoms with E-state index < -0.39 is 83.9 Å². The number of aromatic nitrogens is 2. The van der Waals surface area contributed by atoms with Crippen molar-refractivity contribution in [3.8, 4) is 0 Å². The fourth-order valence-electron chi connectivity index (χ4n) is 8.78.